The maximum absolute atomic E-state index is 11.3. The van der Waals surface area contributed by atoms with Gasteiger partial charge >= 0.3 is 0 Å². The summed E-state index contributed by atoms with van der Waals surface area (Å²) >= 11 is 0. The molecule has 160 valence electrons. The minimum absolute atomic E-state index is 0.637. The highest BCUT2D eigenvalue weighted by molar-refractivity contribution is 8.85. The molecule has 7 heteroatoms. The fourth-order valence-electron chi connectivity index (χ4n) is 3.68. The van der Waals surface area contributed by atoms with Crippen molar-refractivity contribution in [2.45, 2.75) is 0 Å². The second-order valence-electron chi connectivity index (χ2n) is 7.10. The number of halogens is 1. The summed E-state index contributed by atoms with van der Waals surface area (Å²) in [6.45, 7) is 0. The second-order valence-corrected chi connectivity index (χ2v) is 11.3. The number of allylic oxidation sites excluding steroid dienone is 2. The zero-order chi connectivity index (χ0) is 22.1. The van der Waals surface area contributed by atoms with Crippen molar-refractivity contribution < 1.29 is 28.0 Å². The van der Waals surface area contributed by atoms with E-state index >= 15 is 0 Å². The highest BCUT2D eigenvalue weighted by Gasteiger charge is 2.30. The van der Waals surface area contributed by atoms with Crippen molar-refractivity contribution in [3.63, 3.8) is 0 Å². The van der Waals surface area contributed by atoms with Crippen LogP contribution in [0.15, 0.2) is 97.1 Å². The Balaban J connectivity index is 1.62. The Hall–Kier alpha value is -2.42. The van der Waals surface area contributed by atoms with Crippen molar-refractivity contribution in [3.8, 4) is 0 Å². The van der Waals surface area contributed by atoms with Crippen LogP contribution in [0.3, 0.4) is 0 Å². The molecule has 0 aliphatic carbocycles. The smallest absolute Gasteiger partial charge is 0.179 e. The van der Waals surface area contributed by atoms with Crippen LogP contribution in [-0.4, -0.2) is 4.86 Å². The second kappa shape index (κ2) is 8.84. The minimum Gasteiger partial charge on any atom is -0.182 e. The van der Waals surface area contributed by atoms with Crippen molar-refractivity contribution in [2.24, 2.45) is 0 Å². The third-order valence-electron chi connectivity index (χ3n) is 5.05. The Morgan fingerprint density at radius 1 is 0.750 bits per heavy atom. The standard InChI is InChI=1S/C25H17ClO4S2/c27-26(28,29)30-32-21(17-25(31-32)18-8-2-1-3-9-18)14-15-24-22-12-6-4-10-19(22)16-20-11-5-7-13-23(20)24/h1-17H/b15-14+. The molecule has 5 rings (SSSR count). The molecule has 4 aromatic rings. The Kier molecular flexibility index (Phi) is 5.92. The largest absolute Gasteiger partial charge is 0.182 e. The van der Waals surface area contributed by atoms with Gasteiger partial charge in [0.05, 0.1) is 15.1 Å². The molecule has 4 aromatic carbocycles. The van der Waals surface area contributed by atoms with Gasteiger partial charge in [0, 0.05) is 4.91 Å². The van der Waals surface area contributed by atoms with E-state index in [0.717, 1.165) is 37.6 Å². The Morgan fingerprint density at radius 3 is 1.97 bits per heavy atom. The highest BCUT2D eigenvalue weighted by atomic mass is 35.7. The van der Waals surface area contributed by atoms with Gasteiger partial charge in [-0.3, -0.25) is 0 Å². The first kappa shape index (κ1) is 21.4. The Bertz CT molecular complexity index is 1350. The summed E-state index contributed by atoms with van der Waals surface area (Å²) in [6, 6.07) is 28.1. The molecule has 1 unspecified atom stereocenters. The summed E-state index contributed by atoms with van der Waals surface area (Å²) in [5.74, 6) is 0. The van der Waals surface area contributed by atoms with Crippen molar-refractivity contribution in [1.82, 2.24) is 0 Å². The zero-order valence-electron chi connectivity index (χ0n) is 16.6. The van der Waals surface area contributed by atoms with E-state index in [4.69, 9.17) is 3.74 Å². The van der Waals surface area contributed by atoms with Gasteiger partial charge in [-0.15, -0.1) is 0 Å². The maximum Gasteiger partial charge on any atom is 0.179 e. The summed E-state index contributed by atoms with van der Waals surface area (Å²) in [5, 5.41) is 4.42. The van der Waals surface area contributed by atoms with E-state index in [0.29, 0.717) is 4.86 Å². The van der Waals surface area contributed by atoms with Gasteiger partial charge in [-0.05, 0) is 61.7 Å². The maximum atomic E-state index is 11.3. The summed E-state index contributed by atoms with van der Waals surface area (Å²) in [5.41, 5.74) is 1.97. The molecular formula is C25H17ClO4S2. The molecule has 32 heavy (non-hydrogen) atoms. The van der Waals surface area contributed by atoms with Crippen LogP contribution in [0.4, 0.5) is 0 Å². The number of hydrogen-bond acceptors (Lipinski definition) is 5. The molecule has 0 N–H and O–H groups in total. The predicted octanol–water partition coefficient (Wildman–Crippen LogP) is 3.98. The van der Waals surface area contributed by atoms with Crippen LogP contribution in [0.5, 0.6) is 0 Å². The van der Waals surface area contributed by atoms with E-state index < -0.39 is 20.0 Å². The number of rotatable bonds is 5. The lowest BCUT2D eigenvalue weighted by molar-refractivity contribution is -1.91. The molecular weight excluding hydrogens is 464 g/mol. The highest BCUT2D eigenvalue weighted by Crippen LogP contribution is 2.50. The monoisotopic (exact) mass is 480 g/mol. The molecule has 1 aliphatic heterocycles. The van der Waals surface area contributed by atoms with Crippen LogP contribution >= 0.6 is 20.6 Å². The Labute approximate surface area is 193 Å². The summed E-state index contributed by atoms with van der Waals surface area (Å²) in [6.07, 6.45) is 5.71. The Morgan fingerprint density at radius 2 is 1.34 bits per heavy atom. The number of hydrogen-bond donors (Lipinski definition) is 0. The average Bonchev–Trinajstić information content (AvgIpc) is 3.18. The SMILES string of the molecule is [O-][Cl+3]([O-])([O-])OS1=C(/C=C/c2c3ccccc3cc3ccccc23)C=C(c2ccccc2)S1. The molecule has 0 saturated carbocycles. The molecule has 0 aromatic heterocycles. The lowest BCUT2D eigenvalue weighted by Gasteiger charge is -2.12. The predicted molar refractivity (Wildman–Crippen MR) is 126 cm³/mol. The van der Waals surface area contributed by atoms with Crippen LogP contribution < -0.4 is 14.0 Å². The molecule has 0 amide bonds. The van der Waals surface area contributed by atoms with Crippen LogP contribution in [0.2, 0.25) is 0 Å². The quantitative estimate of drug-likeness (QED) is 0.187. The number of fused-ring (bicyclic) bond motifs is 2. The summed E-state index contributed by atoms with van der Waals surface area (Å²) in [4.78, 5) is 1.49. The third-order valence-corrected chi connectivity index (χ3v) is 9.48. The molecule has 0 saturated heterocycles. The molecule has 1 heterocycles. The average molecular weight is 481 g/mol. The molecule has 0 bridgehead atoms. The van der Waals surface area contributed by atoms with E-state index in [1.54, 1.807) is 0 Å². The van der Waals surface area contributed by atoms with Gasteiger partial charge in [-0.25, -0.2) is 0 Å². The van der Waals surface area contributed by atoms with Crippen molar-refractivity contribution in [3.05, 3.63) is 108 Å². The molecule has 4 nitrogen and oxygen atoms in total. The molecule has 0 spiro atoms. The molecule has 0 radical (unpaired) electrons. The topological polar surface area (TPSA) is 78.4 Å². The third kappa shape index (κ3) is 4.53. The lowest BCUT2D eigenvalue weighted by Crippen LogP contribution is -2.60. The van der Waals surface area contributed by atoms with E-state index in [1.165, 1.54) is 10.8 Å². The number of benzene rings is 4. The van der Waals surface area contributed by atoms with E-state index in [1.807, 2.05) is 72.8 Å². The van der Waals surface area contributed by atoms with E-state index in [2.05, 4.69) is 30.3 Å². The lowest BCUT2D eigenvalue weighted by atomic mass is 9.96. The summed E-state index contributed by atoms with van der Waals surface area (Å²) < 4.78 is 38.8. The molecule has 1 aliphatic rings. The summed E-state index contributed by atoms with van der Waals surface area (Å²) in [7, 11) is -4.58. The fourth-order valence-corrected chi connectivity index (χ4v) is 8.09. The molecule has 1 atom stereocenters. The van der Waals surface area contributed by atoms with E-state index in [-0.39, 0.29) is 0 Å². The van der Waals surface area contributed by atoms with Crippen LogP contribution in [0.1, 0.15) is 11.1 Å². The van der Waals surface area contributed by atoms with E-state index in [9.17, 15) is 14.0 Å². The van der Waals surface area contributed by atoms with Gasteiger partial charge in [0.25, 0.3) is 0 Å². The normalized spacial score (nSPS) is 16.9. The first-order valence-corrected chi connectivity index (χ1v) is 13.5. The van der Waals surface area contributed by atoms with Crippen LogP contribution in [-0.2, 0) is 3.74 Å². The fraction of sp³-hybridized carbons (Fsp3) is 0. The van der Waals surface area contributed by atoms with Gasteiger partial charge < -0.3 is 0 Å². The van der Waals surface area contributed by atoms with Crippen molar-refractivity contribution >= 4 is 58.0 Å². The van der Waals surface area contributed by atoms with Gasteiger partial charge in [0.1, 0.15) is 3.74 Å². The van der Waals surface area contributed by atoms with Gasteiger partial charge in [-0.2, -0.15) is 14.0 Å². The first-order valence-electron chi connectivity index (χ1n) is 9.74. The van der Waals surface area contributed by atoms with Crippen LogP contribution in [0.25, 0.3) is 32.5 Å². The van der Waals surface area contributed by atoms with Crippen LogP contribution in [0, 0.1) is 10.2 Å². The first-order chi connectivity index (χ1) is 15.5. The van der Waals surface area contributed by atoms with Gasteiger partial charge in [0.15, 0.2) is 9.80 Å². The molecule has 0 fully saturated rings. The minimum atomic E-state index is -4.55. The van der Waals surface area contributed by atoms with Crippen molar-refractivity contribution in [2.75, 3.05) is 0 Å². The van der Waals surface area contributed by atoms with Gasteiger partial charge in [-0.1, -0.05) is 84.9 Å². The van der Waals surface area contributed by atoms with Gasteiger partial charge in [0.2, 0.25) is 0 Å². The zero-order valence-corrected chi connectivity index (χ0v) is 19.0. The van der Waals surface area contributed by atoms with Crippen molar-refractivity contribution in [1.29, 1.82) is 0 Å².